The van der Waals surface area contributed by atoms with Crippen LogP contribution in [0.3, 0.4) is 0 Å². The molecule has 0 radical (unpaired) electrons. The molecule has 1 saturated heterocycles. The van der Waals surface area contributed by atoms with E-state index in [0.29, 0.717) is 13.0 Å². The van der Waals surface area contributed by atoms with E-state index in [1.165, 1.54) is 6.42 Å². The number of pyridine rings is 1. The van der Waals surface area contributed by atoms with E-state index in [0.717, 1.165) is 43.0 Å². The van der Waals surface area contributed by atoms with E-state index in [2.05, 4.69) is 15.4 Å². The molecule has 21 heavy (non-hydrogen) atoms. The van der Waals surface area contributed by atoms with Crippen LogP contribution in [0.4, 0.5) is 5.82 Å². The number of piperidine rings is 1. The minimum absolute atomic E-state index is 0.240. The highest BCUT2D eigenvalue weighted by molar-refractivity contribution is 5.76. The Labute approximate surface area is 124 Å². The largest absolute Gasteiger partial charge is 0.369 e. The number of aryl methyl sites for hydroxylation is 1. The van der Waals surface area contributed by atoms with Crippen LogP contribution in [-0.4, -0.2) is 45.0 Å². The van der Waals surface area contributed by atoms with Crippen molar-refractivity contribution in [1.29, 1.82) is 0 Å². The molecular weight excluding hydrogens is 266 g/mol. The number of rotatable bonds is 4. The summed E-state index contributed by atoms with van der Waals surface area (Å²) in [7, 11) is 0. The molecule has 1 aliphatic heterocycles. The highest BCUT2D eigenvalue weighted by Crippen LogP contribution is 2.14. The fourth-order valence-electron chi connectivity index (χ4n) is 2.78. The third kappa shape index (κ3) is 3.15. The van der Waals surface area contributed by atoms with Crippen LogP contribution in [0.25, 0.3) is 5.65 Å². The minimum Gasteiger partial charge on any atom is -0.369 e. The quantitative estimate of drug-likeness (QED) is 0.932. The first-order chi connectivity index (χ1) is 10.2. The lowest BCUT2D eigenvalue weighted by atomic mass is 10.1. The van der Waals surface area contributed by atoms with Crippen molar-refractivity contribution in [3.63, 3.8) is 0 Å². The predicted octanol–water partition coefficient (Wildman–Crippen LogP) is 1.85. The van der Waals surface area contributed by atoms with Crippen molar-refractivity contribution in [1.82, 2.24) is 19.5 Å². The van der Waals surface area contributed by atoms with Crippen molar-refractivity contribution >= 4 is 17.4 Å². The van der Waals surface area contributed by atoms with E-state index in [1.807, 2.05) is 24.0 Å². The van der Waals surface area contributed by atoms with Crippen LogP contribution in [0.5, 0.6) is 0 Å². The van der Waals surface area contributed by atoms with E-state index < -0.39 is 0 Å². The Morgan fingerprint density at radius 1 is 1.29 bits per heavy atom. The van der Waals surface area contributed by atoms with E-state index >= 15 is 0 Å². The van der Waals surface area contributed by atoms with Crippen molar-refractivity contribution in [3.05, 3.63) is 24.0 Å². The Bertz CT molecular complexity index is 630. The van der Waals surface area contributed by atoms with Gasteiger partial charge in [-0.25, -0.2) is 4.98 Å². The van der Waals surface area contributed by atoms with Crippen LogP contribution in [0, 0.1) is 6.92 Å². The van der Waals surface area contributed by atoms with Gasteiger partial charge in [0.1, 0.15) is 12.1 Å². The number of fused-ring (bicyclic) bond motifs is 1. The Morgan fingerprint density at radius 3 is 2.90 bits per heavy atom. The molecule has 0 bridgehead atoms. The molecule has 1 aliphatic rings. The molecule has 112 valence electrons. The van der Waals surface area contributed by atoms with Gasteiger partial charge in [-0.15, -0.1) is 0 Å². The lowest BCUT2D eigenvalue weighted by molar-refractivity contribution is -0.131. The van der Waals surface area contributed by atoms with Crippen LogP contribution in [0.2, 0.25) is 0 Å². The third-order valence-corrected chi connectivity index (χ3v) is 3.88. The molecule has 1 amide bonds. The second-order valence-electron chi connectivity index (χ2n) is 5.57. The zero-order valence-corrected chi connectivity index (χ0v) is 12.4. The van der Waals surface area contributed by atoms with Gasteiger partial charge >= 0.3 is 0 Å². The number of carbonyl (C=O) groups is 1. The molecule has 2 aromatic heterocycles. The number of amides is 1. The van der Waals surface area contributed by atoms with Gasteiger partial charge in [0.15, 0.2) is 5.65 Å². The fourth-order valence-corrected chi connectivity index (χ4v) is 2.78. The number of hydrogen-bond acceptors (Lipinski definition) is 4. The molecule has 3 rings (SSSR count). The number of nitrogens with zero attached hydrogens (tertiary/aromatic N) is 4. The van der Waals surface area contributed by atoms with Crippen LogP contribution in [0.15, 0.2) is 18.5 Å². The maximum Gasteiger partial charge on any atom is 0.224 e. The number of hydrogen-bond donors (Lipinski definition) is 1. The first-order valence-corrected chi connectivity index (χ1v) is 7.56. The summed E-state index contributed by atoms with van der Waals surface area (Å²) in [4.78, 5) is 18.3. The molecule has 0 spiro atoms. The highest BCUT2D eigenvalue weighted by atomic mass is 16.2. The number of nitrogens with one attached hydrogen (secondary N) is 1. The van der Waals surface area contributed by atoms with Crippen LogP contribution < -0.4 is 5.32 Å². The maximum atomic E-state index is 12.1. The number of carbonyl (C=O) groups excluding carboxylic acids is 1. The molecule has 0 aliphatic carbocycles. The summed E-state index contributed by atoms with van der Waals surface area (Å²) in [5, 5.41) is 7.49. The maximum absolute atomic E-state index is 12.1. The molecule has 0 unspecified atom stereocenters. The second-order valence-corrected chi connectivity index (χ2v) is 5.57. The zero-order valence-electron chi connectivity index (χ0n) is 12.4. The molecule has 2 aromatic rings. The topological polar surface area (TPSA) is 62.5 Å². The third-order valence-electron chi connectivity index (χ3n) is 3.88. The molecule has 0 saturated carbocycles. The van der Waals surface area contributed by atoms with Crippen molar-refractivity contribution in [2.75, 3.05) is 25.0 Å². The van der Waals surface area contributed by atoms with Crippen LogP contribution in [-0.2, 0) is 4.79 Å². The normalized spacial score (nSPS) is 15.4. The molecule has 1 fully saturated rings. The summed E-state index contributed by atoms with van der Waals surface area (Å²) in [6.07, 6.45) is 5.58. The van der Waals surface area contributed by atoms with Gasteiger partial charge in [0.05, 0.1) is 0 Å². The fraction of sp³-hybridized carbons (Fsp3) is 0.533. The van der Waals surface area contributed by atoms with Crippen molar-refractivity contribution in [2.24, 2.45) is 0 Å². The second kappa shape index (κ2) is 6.11. The van der Waals surface area contributed by atoms with Gasteiger partial charge in [0, 0.05) is 26.1 Å². The van der Waals surface area contributed by atoms with Gasteiger partial charge in [0.2, 0.25) is 5.91 Å². The summed E-state index contributed by atoms with van der Waals surface area (Å²) >= 11 is 0. The molecule has 6 nitrogen and oxygen atoms in total. The van der Waals surface area contributed by atoms with E-state index in [9.17, 15) is 4.79 Å². The smallest absolute Gasteiger partial charge is 0.224 e. The average molecular weight is 287 g/mol. The molecule has 3 heterocycles. The standard InChI is InChI=1S/C15H21N5O/c1-12-9-13(20-14(10-12)17-11-18-20)16-6-5-15(21)19-7-3-2-4-8-19/h9-11,16H,2-8H2,1H3. The molecular formula is C15H21N5O. The summed E-state index contributed by atoms with van der Waals surface area (Å²) in [6, 6.07) is 4.00. The summed E-state index contributed by atoms with van der Waals surface area (Å²) in [6.45, 7) is 4.47. The van der Waals surface area contributed by atoms with Gasteiger partial charge in [-0.3, -0.25) is 4.79 Å². The molecule has 0 atom stereocenters. The predicted molar refractivity (Wildman–Crippen MR) is 81.3 cm³/mol. The van der Waals surface area contributed by atoms with E-state index in [4.69, 9.17) is 0 Å². The van der Waals surface area contributed by atoms with Crippen molar-refractivity contribution in [2.45, 2.75) is 32.6 Å². The Hall–Kier alpha value is -2.11. The van der Waals surface area contributed by atoms with E-state index in [-0.39, 0.29) is 5.91 Å². The SMILES string of the molecule is Cc1cc(NCCC(=O)N2CCCCC2)n2ncnc2c1. The lowest BCUT2D eigenvalue weighted by Crippen LogP contribution is -2.36. The Kier molecular flexibility index (Phi) is 4.03. The van der Waals surface area contributed by atoms with E-state index in [1.54, 1.807) is 10.8 Å². The number of anilines is 1. The first kappa shape index (κ1) is 13.9. The van der Waals surface area contributed by atoms with Gasteiger partial charge in [0.25, 0.3) is 0 Å². The molecule has 0 aromatic carbocycles. The summed E-state index contributed by atoms with van der Waals surface area (Å²) in [5.41, 5.74) is 1.94. The van der Waals surface area contributed by atoms with Crippen LogP contribution >= 0.6 is 0 Å². The Balaban J connectivity index is 1.59. The highest BCUT2D eigenvalue weighted by Gasteiger charge is 2.15. The van der Waals surface area contributed by atoms with Gasteiger partial charge in [-0.05, 0) is 43.9 Å². The van der Waals surface area contributed by atoms with Crippen molar-refractivity contribution in [3.8, 4) is 0 Å². The first-order valence-electron chi connectivity index (χ1n) is 7.56. The Morgan fingerprint density at radius 2 is 2.10 bits per heavy atom. The monoisotopic (exact) mass is 287 g/mol. The van der Waals surface area contributed by atoms with Gasteiger partial charge < -0.3 is 10.2 Å². The van der Waals surface area contributed by atoms with Gasteiger partial charge in [-0.1, -0.05) is 0 Å². The lowest BCUT2D eigenvalue weighted by Gasteiger charge is -2.26. The molecule has 1 N–H and O–H groups in total. The number of likely N-dealkylation sites (tertiary alicyclic amines) is 1. The minimum atomic E-state index is 0.240. The summed E-state index contributed by atoms with van der Waals surface area (Å²) < 4.78 is 1.76. The average Bonchev–Trinajstić information content (AvgIpc) is 2.96. The number of aromatic nitrogens is 3. The van der Waals surface area contributed by atoms with Crippen LogP contribution in [0.1, 0.15) is 31.2 Å². The summed E-state index contributed by atoms with van der Waals surface area (Å²) in [5.74, 6) is 1.12. The molecule has 6 heteroatoms. The zero-order chi connectivity index (χ0) is 14.7. The van der Waals surface area contributed by atoms with Gasteiger partial charge in [-0.2, -0.15) is 9.61 Å². The van der Waals surface area contributed by atoms with Crippen molar-refractivity contribution < 1.29 is 4.79 Å².